The molecule has 2 aliphatic rings. The number of halogens is 1. The first-order chi connectivity index (χ1) is 17.8. The van der Waals surface area contributed by atoms with Gasteiger partial charge in [0.2, 0.25) is 11.9 Å². The quantitative estimate of drug-likeness (QED) is 0.416. The van der Waals surface area contributed by atoms with E-state index in [1.807, 2.05) is 12.1 Å². The summed E-state index contributed by atoms with van der Waals surface area (Å²) in [5, 5.41) is 12.9. The van der Waals surface area contributed by atoms with Gasteiger partial charge < -0.3 is 24.8 Å². The predicted molar refractivity (Wildman–Crippen MR) is 131 cm³/mol. The molecule has 1 saturated heterocycles. The Labute approximate surface area is 212 Å². The number of hydrogen-bond acceptors (Lipinski definition) is 7. The van der Waals surface area contributed by atoms with E-state index in [1.165, 1.54) is 29.4 Å². The molecule has 2 amide bonds. The van der Waals surface area contributed by atoms with Gasteiger partial charge in [-0.25, -0.2) is 4.98 Å². The third kappa shape index (κ3) is 5.43. The molecule has 9 nitrogen and oxygen atoms in total. The number of amides is 2. The van der Waals surface area contributed by atoms with E-state index in [1.54, 1.807) is 19.2 Å². The molecule has 37 heavy (non-hydrogen) atoms. The molecule has 0 saturated carbocycles. The molecule has 1 atom stereocenters. The molecule has 1 fully saturated rings. The minimum atomic E-state index is -1.13. The maximum atomic E-state index is 13.2. The zero-order valence-corrected chi connectivity index (χ0v) is 19.9. The minimum absolute atomic E-state index is 0.0697. The molecule has 188 valence electrons. The molecule has 2 aliphatic heterocycles. The average molecular weight is 503 g/mol. The molecule has 0 unspecified atom stereocenters. The van der Waals surface area contributed by atoms with E-state index in [9.17, 15) is 19.1 Å². The van der Waals surface area contributed by atoms with Crippen LogP contribution in [0.4, 0.5) is 10.1 Å². The second-order valence-corrected chi connectivity index (χ2v) is 8.88. The van der Waals surface area contributed by atoms with Gasteiger partial charge in [0.05, 0.1) is 19.4 Å². The van der Waals surface area contributed by atoms with Crippen LogP contribution in [0.1, 0.15) is 28.0 Å². The molecular weight excluding hydrogens is 479 g/mol. The first kappa shape index (κ1) is 24.4. The lowest BCUT2D eigenvalue weighted by molar-refractivity contribution is -0.140. The lowest BCUT2D eigenvalue weighted by atomic mass is 10.0. The summed E-state index contributed by atoms with van der Waals surface area (Å²) in [6.07, 6.45) is 3.61. The second-order valence-electron chi connectivity index (χ2n) is 8.88. The Morgan fingerprint density at radius 3 is 2.78 bits per heavy atom. The number of anilines is 1. The number of nitrogens with one attached hydrogen (secondary N) is 1. The number of fused-ring (bicyclic) bond motifs is 1. The lowest BCUT2D eigenvalue weighted by Crippen LogP contribution is -2.48. The Kier molecular flexibility index (Phi) is 6.56. The highest BCUT2D eigenvalue weighted by Gasteiger charge is 2.34. The van der Waals surface area contributed by atoms with Crippen molar-refractivity contribution >= 4 is 17.5 Å². The zero-order valence-electron chi connectivity index (χ0n) is 19.9. The Hall–Kier alpha value is -4.33. The first-order valence-corrected chi connectivity index (χ1v) is 11.6. The summed E-state index contributed by atoms with van der Waals surface area (Å²) >= 11 is 0. The Bertz CT molecular complexity index is 1410. The minimum Gasteiger partial charge on any atom is -0.456 e. The molecule has 2 N–H and O–H groups in total. The van der Waals surface area contributed by atoms with Crippen LogP contribution < -0.4 is 15.0 Å². The number of aromatic nitrogens is 2. The molecule has 0 aliphatic carbocycles. The van der Waals surface area contributed by atoms with Gasteiger partial charge in [0.1, 0.15) is 23.2 Å². The number of benzene rings is 1. The highest BCUT2D eigenvalue weighted by Crippen LogP contribution is 2.28. The molecule has 4 heterocycles. The van der Waals surface area contributed by atoms with Crippen LogP contribution in [0.5, 0.6) is 11.5 Å². The van der Waals surface area contributed by atoms with Crippen molar-refractivity contribution in [1.82, 2.24) is 15.3 Å². The molecule has 0 bridgehead atoms. The molecule has 2 aromatic heterocycles. The Balaban J connectivity index is 1.28. The van der Waals surface area contributed by atoms with Gasteiger partial charge in [-0.3, -0.25) is 14.6 Å². The van der Waals surface area contributed by atoms with Gasteiger partial charge in [-0.1, -0.05) is 17.9 Å². The monoisotopic (exact) mass is 502 g/mol. The Morgan fingerprint density at radius 1 is 1.22 bits per heavy atom. The highest BCUT2D eigenvalue weighted by atomic mass is 19.1. The van der Waals surface area contributed by atoms with Crippen molar-refractivity contribution in [3.05, 3.63) is 77.6 Å². The van der Waals surface area contributed by atoms with Crippen LogP contribution in [-0.2, 0) is 16.0 Å². The van der Waals surface area contributed by atoms with E-state index in [0.29, 0.717) is 35.6 Å². The Morgan fingerprint density at radius 2 is 2.05 bits per heavy atom. The summed E-state index contributed by atoms with van der Waals surface area (Å²) < 4.78 is 23.7. The summed E-state index contributed by atoms with van der Waals surface area (Å²) in [5.74, 6) is 4.96. The topological polar surface area (TPSA) is 114 Å². The van der Waals surface area contributed by atoms with E-state index >= 15 is 0 Å². The third-order valence-electron chi connectivity index (χ3n) is 6.10. The fourth-order valence-corrected chi connectivity index (χ4v) is 4.02. The van der Waals surface area contributed by atoms with Crippen molar-refractivity contribution in [1.29, 1.82) is 0 Å². The average Bonchev–Trinajstić information content (AvgIpc) is 3.00. The fraction of sp³-hybridized carbons (Fsp3) is 0.259. The smallest absolute Gasteiger partial charge is 0.270 e. The van der Waals surface area contributed by atoms with Gasteiger partial charge in [-0.2, -0.15) is 4.39 Å². The van der Waals surface area contributed by atoms with Gasteiger partial charge in [0, 0.05) is 30.6 Å². The van der Waals surface area contributed by atoms with Crippen molar-refractivity contribution in [2.75, 3.05) is 25.2 Å². The SMILES string of the molecule is CN1C(=O)[C@H](NC(=O)c2cc(Oc3ccc(F)nc3)ccn2)CCc2ccc(C#CC3(O)COC3)cc21. The fourth-order valence-electron chi connectivity index (χ4n) is 4.02. The van der Waals surface area contributed by atoms with Crippen LogP contribution in [0, 0.1) is 17.8 Å². The van der Waals surface area contributed by atoms with E-state index in [-0.39, 0.29) is 24.8 Å². The van der Waals surface area contributed by atoms with Crippen LogP contribution >= 0.6 is 0 Å². The van der Waals surface area contributed by atoms with Crippen molar-refractivity contribution in [3.8, 4) is 23.3 Å². The van der Waals surface area contributed by atoms with Crippen molar-refractivity contribution in [3.63, 3.8) is 0 Å². The number of aryl methyl sites for hydroxylation is 1. The van der Waals surface area contributed by atoms with Gasteiger partial charge in [0.15, 0.2) is 5.60 Å². The summed E-state index contributed by atoms with van der Waals surface area (Å²) in [6.45, 7) is 0.357. The standard InChI is InChI=1S/C27H23FN4O5/c1-32-23-12-17(8-10-27(35)15-36-16-27)2-3-18(23)4-6-21(26(32)34)31-25(33)22-13-19(9-11-29-22)37-20-5-7-24(28)30-14-20/h2-3,5,7,9,11-14,21,35H,4,6,15-16H2,1H3,(H,31,33)/t21-/m1/s1. The van der Waals surface area contributed by atoms with Crippen molar-refractivity contribution in [2.24, 2.45) is 0 Å². The normalized spacial score (nSPS) is 18.0. The third-order valence-corrected chi connectivity index (χ3v) is 6.10. The molecular formula is C27H23FN4O5. The van der Waals surface area contributed by atoms with E-state index in [4.69, 9.17) is 9.47 Å². The summed E-state index contributed by atoms with van der Waals surface area (Å²) in [4.78, 5) is 35.3. The number of likely N-dealkylation sites (N-methyl/N-ethyl adjacent to an activating group) is 1. The first-order valence-electron chi connectivity index (χ1n) is 11.6. The number of ether oxygens (including phenoxy) is 2. The molecule has 0 spiro atoms. The van der Waals surface area contributed by atoms with Gasteiger partial charge >= 0.3 is 0 Å². The largest absolute Gasteiger partial charge is 0.456 e. The number of pyridine rings is 2. The predicted octanol–water partition coefficient (Wildman–Crippen LogP) is 2.23. The number of hydrogen-bond donors (Lipinski definition) is 2. The zero-order chi connectivity index (χ0) is 26.0. The van der Waals surface area contributed by atoms with Gasteiger partial charge in [-0.05, 0) is 48.7 Å². The number of nitrogens with zero attached hydrogens (tertiary/aromatic N) is 3. The van der Waals surface area contributed by atoms with E-state index in [2.05, 4.69) is 27.1 Å². The molecule has 1 aromatic carbocycles. The van der Waals surface area contributed by atoms with Crippen LogP contribution in [0.25, 0.3) is 0 Å². The summed E-state index contributed by atoms with van der Waals surface area (Å²) in [6, 6.07) is 10.4. The van der Waals surface area contributed by atoms with Crippen molar-refractivity contribution in [2.45, 2.75) is 24.5 Å². The van der Waals surface area contributed by atoms with Crippen LogP contribution in [0.15, 0.2) is 54.9 Å². The number of carbonyl (C=O) groups excluding carboxylic acids is 2. The van der Waals surface area contributed by atoms with E-state index < -0.39 is 23.5 Å². The van der Waals surface area contributed by atoms with Crippen molar-refractivity contribution < 1.29 is 28.6 Å². The van der Waals surface area contributed by atoms with Gasteiger partial charge in [-0.15, -0.1) is 0 Å². The number of rotatable bonds is 4. The second kappa shape index (κ2) is 9.97. The summed E-state index contributed by atoms with van der Waals surface area (Å²) in [7, 11) is 1.65. The summed E-state index contributed by atoms with van der Waals surface area (Å²) in [5.41, 5.74) is 1.26. The van der Waals surface area contributed by atoms with Crippen LogP contribution in [-0.4, -0.2) is 58.8 Å². The van der Waals surface area contributed by atoms with Crippen LogP contribution in [0.3, 0.4) is 0 Å². The van der Waals surface area contributed by atoms with Crippen LogP contribution in [0.2, 0.25) is 0 Å². The number of aliphatic hydroxyl groups is 1. The molecule has 5 rings (SSSR count). The maximum Gasteiger partial charge on any atom is 0.270 e. The van der Waals surface area contributed by atoms with E-state index in [0.717, 1.165) is 11.6 Å². The highest BCUT2D eigenvalue weighted by molar-refractivity contribution is 6.02. The van der Waals surface area contributed by atoms with Gasteiger partial charge in [0.25, 0.3) is 5.91 Å². The number of carbonyl (C=O) groups is 2. The molecule has 0 radical (unpaired) electrons. The maximum absolute atomic E-state index is 13.2. The lowest BCUT2D eigenvalue weighted by Gasteiger charge is -2.30. The molecule has 3 aromatic rings. The molecule has 10 heteroatoms.